The molecule has 2 aromatic rings. The molecule has 0 saturated heterocycles. The minimum Gasteiger partial charge on any atom is -0.486 e. The SMILES string of the molecule is CC(C)Oc1c(-c2ccccc2SC[C@](C)(NC(=O)OC(C)(C)C)C(=O)O)c(=O)c1=O. The maximum atomic E-state index is 12.2. The van der Waals surface area contributed by atoms with Gasteiger partial charge in [-0.25, -0.2) is 9.59 Å². The molecule has 31 heavy (non-hydrogen) atoms. The molecule has 8 nitrogen and oxygen atoms in total. The van der Waals surface area contributed by atoms with E-state index in [1.165, 1.54) is 6.92 Å². The third-order valence-corrected chi connectivity index (χ3v) is 5.53. The fourth-order valence-electron chi connectivity index (χ4n) is 2.66. The largest absolute Gasteiger partial charge is 0.486 e. The third kappa shape index (κ3) is 5.88. The number of hydrogen-bond acceptors (Lipinski definition) is 7. The lowest BCUT2D eigenvalue weighted by molar-refractivity contribution is -0.143. The van der Waals surface area contributed by atoms with Crippen LogP contribution < -0.4 is 20.9 Å². The molecule has 0 aliphatic heterocycles. The summed E-state index contributed by atoms with van der Waals surface area (Å²) in [5.74, 6) is -1.27. The van der Waals surface area contributed by atoms with Crippen LogP contribution in [-0.2, 0) is 9.53 Å². The van der Waals surface area contributed by atoms with Gasteiger partial charge in [-0.1, -0.05) is 18.2 Å². The Morgan fingerprint density at radius 1 is 1.10 bits per heavy atom. The van der Waals surface area contributed by atoms with Gasteiger partial charge in [0.2, 0.25) is 5.43 Å². The molecule has 0 aliphatic rings. The lowest BCUT2D eigenvalue weighted by atomic mass is 10.00. The highest BCUT2D eigenvalue weighted by molar-refractivity contribution is 7.99. The molecular formula is C22H27NO7S. The maximum absolute atomic E-state index is 12.2. The Balaban J connectivity index is 2.29. The Morgan fingerprint density at radius 2 is 1.71 bits per heavy atom. The summed E-state index contributed by atoms with van der Waals surface area (Å²) in [5.41, 5.74) is -3.07. The highest BCUT2D eigenvalue weighted by Crippen LogP contribution is 2.36. The predicted octanol–water partition coefficient (Wildman–Crippen LogP) is 3.20. The van der Waals surface area contributed by atoms with Crippen molar-refractivity contribution in [3.63, 3.8) is 0 Å². The topological polar surface area (TPSA) is 119 Å². The van der Waals surface area contributed by atoms with E-state index in [4.69, 9.17) is 9.47 Å². The van der Waals surface area contributed by atoms with Crippen LogP contribution in [0.1, 0.15) is 41.5 Å². The van der Waals surface area contributed by atoms with Crippen LogP contribution in [0.25, 0.3) is 11.1 Å². The monoisotopic (exact) mass is 449 g/mol. The van der Waals surface area contributed by atoms with Gasteiger partial charge >= 0.3 is 12.1 Å². The van der Waals surface area contributed by atoms with Crippen molar-refractivity contribution < 1.29 is 24.2 Å². The van der Waals surface area contributed by atoms with Crippen molar-refractivity contribution in [3.05, 3.63) is 44.7 Å². The number of nitrogens with one attached hydrogen (secondary N) is 1. The number of aliphatic carboxylic acids is 1. The van der Waals surface area contributed by atoms with Crippen molar-refractivity contribution in [1.29, 1.82) is 0 Å². The van der Waals surface area contributed by atoms with E-state index < -0.39 is 34.1 Å². The number of carbonyl (C=O) groups is 2. The van der Waals surface area contributed by atoms with Crippen LogP contribution in [0.2, 0.25) is 0 Å². The molecule has 0 saturated carbocycles. The zero-order chi connectivity index (χ0) is 23.6. The number of carboxylic acid groups (broad SMARTS) is 1. The van der Waals surface area contributed by atoms with E-state index in [0.29, 0.717) is 10.5 Å². The molecule has 2 aromatic carbocycles. The number of hydrogen-bond donors (Lipinski definition) is 2. The second-order valence-corrected chi connectivity index (χ2v) is 9.60. The molecule has 168 valence electrons. The summed E-state index contributed by atoms with van der Waals surface area (Å²) < 4.78 is 10.7. The number of carbonyl (C=O) groups excluding carboxylic acids is 1. The van der Waals surface area contributed by atoms with Crippen molar-refractivity contribution in [3.8, 4) is 16.9 Å². The van der Waals surface area contributed by atoms with Crippen LogP contribution in [0.3, 0.4) is 0 Å². The van der Waals surface area contributed by atoms with E-state index in [2.05, 4.69) is 5.32 Å². The van der Waals surface area contributed by atoms with Crippen LogP contribution in [0, 0.1) is 0 Å². The van der Waals surface area contributed by atoms with E-state index >= 15 is 0 Å². The molecule has 2 N–H and O–H groups in total. The van der Waals surface area contributed by atoms with Crippen molar-refractivity contribution in [2.45, 2.75) is 63.7 Å². The lowest BCUT2D eigenvalue weighted by Crippen LogP contribution is -2.55. The number of ether oxygens (including phenoxy) is 2. The van der Waals surface area contributed by atoms with E-state index in [1.807, 2.05) is 0 Å². The molecule has 1 amide bonds. The van der Waals surface area contributed by atoms with Gasteiger partial charge in [0.15, 0.2) is 5.75 Å². The summed E-state index contributed by atoms with van der Waals surface area (Å²) >= 11 is 1.14. The van der Waals surface area contributed by atoms with Gasteiger partial charge < -0.3 is 19.9 Å². The number of benzene rings is 1. The Morgan fingerprint density at radius 3 is 2.26 bits per heavy atom. The zero-order valence-corrected chi connectivity index (χ0v) is 19.2. The second kappa shape index (κ2) is 9.13. The van der Waals surface area contributed by atoms with Gasteiger partial charge in [0, 0.05) is 16.2 Å². The maximum Gasteiger partial charge on any atom is 0.408 e. The third-order valence-electron chi connectivity index (χ3n) is 4.14. The number of amides is 1. The first-order valence-electron chi connectivity index (χ1n) is 9.72. The van der Waals surface area contributed by atoms with Crippen molar-refractivity contribution in [1.82, 2.24) is 5.32 Å². The average Bonchev–Trinajstić information content (AvgIpc) is 2.64. The second-order valence-electron chi connectivity index (χ2n) is 8.58. The fourth-order valence-corrected chi connectivity index (χ4v) is 3.81. The van der Waals surface area contributed by atoms with Crippen LogP contribution in [0.4, 0.5) is 4.79 Å². The van der Waals surface area contributed by atoms with E-state index in [-0.39, 0.29) is 23.2 Å². The summed E-state index contributed by atoms with van der Waals surface area (Å²) in [7, 11) is 0. The van der Waals surface area contributed by atoms with Crippen LogP contribution in [0.5, 0.6) is 5.75 Å². The smallest absolute Gasteiger partial charge is 0.408 e. The molecule has 9 heteroatoms. The van der Waals surface area contributed by atoms with Crippen molar-refractivity contribution in [2.24, 2.45) is 0 Å². The number of alkyl carbamates (subject to hydrolysis) is 1. The molecule has 2 rings (SSSR count). The highest BCUT2D eigenvalue weighted by atomic mass is 32.2. The van der Waals surface area contributed by atoms with Gasteiger partial charge in [0.1, 0.15) is 11.1 Å². The Kier molecular flexibility index (Phi) is 7.21. The Hall–Kier alpha value is -2.81. The van der Waals surface area contributed by atoms with Crippen molar-refractivity contribution >= 4 is 23.8 Å². The first-order chi connectivity index (χ1) is 14.2. The minimum absolute atomic E-state index is 0.0147. The van der Waals surface area contributed by atoms with Gasteiger partial charge in [0.05, 0.1) is 11.7 Å². The Bertz CT molecular complexity index is 1050. The summed E-state index contributed by atoms with van der Waals surface area (Å²) in [5, 5.41) is 12.1. The molecule has 0 radical (unpaired) electrons. The predicted molar refractivity (Wildman–Crippen MR) is 119 cm³/mol. The van der Waals surface area contributed by atoms with Crippen LogP contribution >= 0.6 is 11.8 Å². The quantitative estimate of drug-likeness (QED) is 0.466. The molecule has 0 aromatic heterocycles. The standard InChI is InChI=1S/C22H27NO7S/c1-12(2)29-18-15(16(24)17(18)25)13-9-7-8-10-14(13)31-11-22(6,19(26)27)23-20(28)30-21(3,4)5/h7-10,12H,11H2,1-6H3,(H,23,28)(H,26,27)/t22-/m0/s1. The number of carboxylic acids is 1. The van der Waals surface area contributed by atoms with E-state index in [9.17, 15) is 24.3 Å². The van der Waals surface area contributed by atoms with Crippen LogP contribution in [0.15, 0.2) is 38.8 Å². The molecule has 1 atom stereocenters. The lowest BCUT2D eigenvalue weighted by Gasteiger charge is -2.28. The summed E-state index contributed by atoms with van der Waals surface area (Å²) in [4.78, 5) is 48.8. The van der Waals surface area contributed by atoms with E-state index in [0.717, 1.165) is 11.8 Å². The number of rotatable bonds is 8. The number of thioether (sulfide) groups is 1. The van der Waals surface area contributed by atoms with Gasteiger partial charge in [-0.2, -0.15) is 0 Å². The molecule has 0 fully saturated rings. The summed E-state index contributed by atoms with van der Waals surface area (Å²) in [6.45, 7) is 9.91. The normalized spacial score (nSPS) is 13.6. The highest BCUT2D eigenvalue weighted by Gasteiger charge is 2.37. The summed E-state index contributed by atoms with van der Waals surface area (Å²) in [6, 6.07) is 6.83. The van der Waals surface area contributed by atoms with Gasteiger partial charge in [-0.3, -0.25) is 9.59 Å². The van der Waals surface area contributed by atoms with Crippen LogP contribution in [-0.4, -0.2) is 40.2 Å². The van der Waals surface area contributed by atoms with Gasteiger partial charge in [0.25, 0.3) is 5.43 Å². The zero-order valence-electron chi connectivity index (χ0n) is 18.4. The molecule has 0 bridgehead atoms. The minimum atomic E-state index is -1.63. The van der Waals surface area contributed by atoms with E-state index in [1.54, 1.807) is 58.9 Å². The Labute approximate surface area is 184 Å². The molecule has 0 aliphatic carbocycles. The molecule has 0 heterocycles. The van der Waals surface area contributed by atoms with Crippen molar-refractivity contribution in [2.75, 3.05) is 5.75 Å². The fraction of sp³-hybridized carbons (Fsp3) is 0.455. The van der Waals surface area contributed by atoms with Gasteiger partial charge in [-0.15, -0.1) is 11.8 Å². The molecular weight excluding hydrogens is 422 g/mol. The first-order valence-corrected chi connectivity index (χ1v) is 10.7. The summed E-state index contributed by atoms with van der Waals surface area (Å²) in [6.07, 6.45) is -1.13. The first kappa shape index (κ1) is 24.5. The molecule has 0 unspecified atom stereocenters. The average molecular weight is 450 g/mol. The molecule has 0 spiro atoms. The van der Waals surface area contributed by atoms with Gasteiger partial charge in [-0.05, 0) is 47.6 Å².